The number of rotatable bonds is 10. The monoisotopic (exact) mass is 558 g/mol. The molecular formula is C30H24F2N4O5. The first-order valence-electron chi connectivity index (χ1n) is 12.7. The largest absolute Gasteiger partial charge is 0.457 e. The van der Waals surface area contributed by atoms with Gasteiger partial charge in [-0.3, -0.25) is 9.78 Å². The number of amides is 1. The number of anilines is 1. The summed E-state index contributed by atoms with van der Waals surface area (Å²) in [6.45, 7) is 0.658. The van der Waals surface area contributed by atoms with E-state index in [1.54, 1.807) is 36.5 Å². The lowest BCUT2D eigenvalue weighted by molar-refractivity contribution is 0.0954. The van der Waals surface area contributed by atoms with Gasteiger partial charge < -0.3 is 19.8 Å². The lowest BCUT2D eigenvalue weighted by atomic mass is 10.1. The van der Waals surface area contributed by atoms with Crippen LogP contribution in [0.3, 0.4) is 0 Å². The zero-order valence-corrected chi connectivity index (χ0v) is 21.6. The number of nitrogens with zero attached hydrogens (tertiary/aromatic N) is 1. The summed E-state index contributed by atoms with van der Waals surface area (Å²) >= 11 is 0. The summed E-state index contributed by atoms with van der Waals surface area (Å²) < 4.78 is 37.2. The number of nitrogens with one attached hydrogen (secondary N) is 3. The number of hydrogen-bond donors (Lipinski definition) is 3. The van der Waals surface area contributed by atoms with Crippen LogP contribution in [-0.2, 0) is 12.8 Å². The SMILES string of the molecule is O=C(NCCc1ccc(F)c(F)c1)c1cccnc1NCCc1ccccc1Oc1ccc2[nH]c(=O)oc(=O)c2c1. The first-order valence-corrected chi connectivity index (χ1v) is 12.7. The molecule has 0 spiro atoms. The molecule has 0 saturated heterocycles. The second-order valence-corrected chi connectivity index (χ2v) is 9.05. The van der Waals surface area contributed by atoms with Crippen molar-refractivity contribution in [3.63, 3.8) is 0 Å². The molecule has 2 heterocycles. The number of para-hydroxylation sites is 1. The van der Waals surface area contributed by atoms with Crippen LogP contribution in [0.15, 0.2) is 93.0 Å². The predicted octanol–water partition coefficient (Wildman–Crippen LogP) is 4.57. The molecule has 0 atom stereocenters. The van der Waals surface area contributed by atoms with Gasteiger partial charge in [-0.1, -0.05) is 24.3 Å². The Morgan fingerprint density at radius 2 is 1.78 bits per heavy atom. The van der Waals surface area contributed by atoms with Gasteiger partial charge in [-0.25, -0.2) is 23.4 Å². The quantitative estimate of drug-likeness (QED) is 0.229. The topological polar surface area (TPSA) is 126 Å². The summed E-state index contributed by atoms with van der Waals surface area (Å²) in [4.78, 5) is 43.0. The highest BCUT2D eigenvalue weighted by Gasteiger charge is 2.13. The number of H-pyrrole nitrogens is 1. The van der Waals surface area contributed by atoms with Crippen LogP contribution in [0, 0.1) is 11.6 Å². The fourth-order valence-electron chi connectivity index (χ4n) is 4.23. The van der Waals surface area contributed by atoms with Gasteiger partial charge in [0.15, 0.2) is 11.6 Å². The minimum Gasteiger partial charge on any atom is -0.457 e. The number of hydrogen-bond acceptors (Lipinski definition) is 7. The molecule has 11 heteroatoms. The zero-order valence-electron chi connectivity index (χ0n) is 21.6. The van der Waals surface area contributed by atoms with Crippen LogP contribution >= 0.6 is 0 Å². The normalized spacial score (nSPS) is 10.9. The summed E-state index contributed by atoms with van der Waals surface area (Å²) in [6.07, 6.45) is 2.43. The highest BCUT2D eigenvalue weighted by molar-refractivity contribution is 5.98. The van der Waals surface area contributed by atoms with Gasteiger partial charge in [-0.2, -0.15) is 0 Å². The molecule has 0 saturated carbocycles. The highest BCUT2D eigenvalue weighted by atomic mass is 19.2. The standard InChI is InChI=1S/C30H24F2N4O5/c31-23-9-7-18(16-24(23)32)11-14-35-28(37)21-5-3-13-33-27(21)34-15-12-19-4-1-2-6-26(19)40-20-8-10-25-22(17-20)29(38)41-30(39)36-25/h1-10,13,16-17H,11-12,14-15H2,(H,33,34)(H,35,37)(H,36,39). The van der Waals surface area contributed by atoms with Gasteiger partial charge in [0.05, 0.1) is 16.5 Å². The molecule has 5 rings (SSSR count). The molecule has 3 aromatic carbocycles. The maximum Gasteiger partial charge on any atom is 0.419 e. The van der Waals surface area contributed by atoms with E-state index >= 15 is 0 Å². The number of aromatic nitrogens is 2. The fourth-order valence-corrected chi connectivity index (χ4v) is 4.23. The van der Waals surface area contributed by atoms with Crippen molar-refractivity contribution in [3.05, 3.63) is 128 Å². The molecule has 5 aromatic rings. The Balaban J connectivity index is 1.21. The molecule has 0 aliphatic heterocycles. The molecule has 0 unspecified atom stereocenters. The Hall–Kier alpha value is -5.32. The van der Waals surface area contributed by atoms with Gasteiger partial charge >= 0.3 is 11.4 Å². The van der Waals surface area contributed by atoms with Crippen molar-refractivity contribution in [2.24, 2.45) is 0 Å². The molecule has 1 amide bonds. The third kappa shape index (κ3) is 6.64. The summed E-state index contributed by atoms with van der Waals surface area (Å²) in [7, 11) is 0. The van der Waals surface area contributed by atoms with E-state index in [9.17, 15) is 23.2 Å². The van der Waals surface area contributed by atoms with E-state index in [0.717, 1.165) is 17.7 Å². The Labute approximate surface area is 231 Å². The van der Waals surface area contributed by atoms with Gasteiger partial charge in [-0.15, -0.1) is 0 Å². The van der Waals surface area contributed by atoms with Crippen LogP contribution in [0.2, 0.25) is 0 Å². The Morgan fingerprint density at radius 1 is 0.927 bits per heavy atom. The molecule has 0 bridgehead atoms. The second kappa shape index (κ2) is 12.2. The molecule has 0 fully saturated rings. The molecule has 3 N–H and O–H groups in total. The molecule has 2 aromatic heterocycles. The van der Waals surface area contributed by atoms with E-state index in [1.807, 2.05) is 18.2 Å². The van der Waals surface area contributed by atoms with Gasteiger partial charge in [-0.05, 0) is 72.5 Å². The third-order valence-corrected chi connectivity index (χ3v) is 6.26. The Morgan fingerprint density at radius 3 is 2.63 bits per heavy atom. The van der Waals surface area contributed by atoms with E-state index in [0.29, 0.717) is 53.3 Å². The lowest BCUT2D eigenvalue weighted by Crippen LogP contribution is -2.27. The highest BCUT2D eigenvalue weighted by Crippen LogP contribution is 2.27. The lowest BCUT2D eigenvalue weighted by Gasteiger charge is -2.14. The van der Waals surface area contributed by atoms with E-state index < -0.39 is 23.0 Å². The number of benzene rings is 3. The smallest absolute Gasteiger partial charge is 0.419 e. The first kappa shape index (κ1) is 27.3. The Kier molecular flexibility index (Phi) is 8.14. The van der Waals surface area contributed by atoms with Crippen LogP contribution in [0.5, 0.6) is 11.5 Å². The van der Waals surface area contributed by atoms with E-state index in [-0.39, 0.29) is 17.8 Å². The molecule has 0 radical (unpaired) electrons. The van der Waals surface area contributed by atoms with Crippen LogP contribution in [0.4, 0.5) is 14.6 Å². The summed E-state index contributed by atoms with van der Waals surface area (Å²) in [5, 5.41) is 6.16. The number of aromatic amines is 1. The van der Waals surface area contributed by atoms with Crippen molar-refractivity contribution >= 4 is 22.6 Å². The van der Waals surface area contributed by atoms with Crippen molar-refractivity contribution in [1.82, 2.24) is 15.3 Å². The van der Waals surface area contributed by atoms with Crippen molar-refractivity contribution in [2.45, 2.75) is 12.8 Å². The van der Waals surface area contributed by atoms with Gasteiger partial charge in [0.25, 0.3) is 5.91 Å². The average Bonchev–Trinajstić information content (AvgIpc) is 2.96. The molecule has 41 heavy (non-hydrogen) atoms. The van der Waals surface area contributed by atoms with Crippen molar-refractivity contribution in [1.29, 1.82) is 0 Å². The zero-order chi connectivity index (χ0) is 28.8. The van der Waals surface area contributed by atoms with Crippen LogP contribution in [0.25, 0.3) is 10.9 Å². The average molecular weight is 559 g/mol. The molecular weight excluding hydrogens is 534 g/mol. The maximum absolute atomic E-state index is 13.4. The van der Waals surface area contributed by atoms with Crippen molar-refractivity contribution in [3.8, 4) is 11.5 Å². The fraction of sp³-hybridized carbons (Fsp3) is 0.133. The molecule has 0 aliphatic carbocycles. The number of carbonyl (C=O) groups is 1. The van der Waals surface area contributed by atoms with E-state index in [1.165, 1.54) is 12.1 Å². The van der Waals surface area contributed by atoms with Gasteiger partial charge in [0.1, 0.15) is 17.3 Å². The van der Waals surface area contributed by atoms with E-state index in [2.05, 4.69) is 25.0 Å². The van der Waals surface area contributed by atoms with Crippen LogP contribution in [0.1, 0.15) is 21.5 Å². The maximum atomic E-state index is 13.4. The second-order valence-electron chi connectivity index (χ2n) is 9.05. The number of carbonyl (C=O) groups excluding carboxylic acids is 1. The van der Waals surface area contributed by atoms with E-state index in [4.69, 9.17) is 4.74 Å². The number of pyridine rings is 1. The Bertz CT molecular complexity index is 1840. The number of fused-ring (bicyclic) bond motifs is 1. The van der Waals surface area contributed by atoms with Crippen LogP contribution in [-0.4, -0.2) is 29.0 Å². The minimum absolute atomic E-state index is 0.187. The number of ether oxygens (including phenoxy) is 1. The molecule has 9 nitrogen and oxygen atoms in total. The molecule has 0 aliphatic rings. The minimum atomic E-state index is -0.929. The molecule has 208 valence electrons. The van der Waals surface area contributed by atoms with Crippen molar-refractivity contribution in [2.75, 3.05) is 18.4 Å². The van der Waals surface area contributed by atoms with Gasteiger partial charge in [0, 0.05) is 19.3 Å². The van der Waals surface area contributed by atoms with Crippen LogP contribution < -0.4 is 26.8 Å². The third-order valence-electron chi connectivity index (χ3n) is 6.26. The predicted molar refractivity (Wildman–Crippen MR) is 148 cm³/mol. The summed E-state index contributed by atoms with van der Waals surface area (Å²) in [6, 6.07) is 19.0. The number of halogens is 2. The summed E-state index contributed by atoms with van der Waals surface area (Å²) in [5.41, 5.74) is 1.36. The van der Waals surface area contributed by atoms with Gasteiger partial charge in [0.2, 0.25) is 0 Å². The van der Waals surface area contributed by atoms with Crippen molar-refractivity contribution < 1.29 is 22.7 Å². The first-order chi connectivity index (χ1) is 19.9. The summed E-state index contributed by atoms with van der Waals surface area (Å²) in [5.74, 6) is -1.67.